The molecule has 0 aliphatic carbocycles. The zero-order valence-corrected chi connectivity index (χ0v) is 9.11. The standard InChI is InChI=1S/C10H15As/c1-11-9-5-8-10-6-3-2-4-7-10/h2-4,6-7,11H,5,8-9H2,1H3. The van der Waals surface area contributed by atoms with Crippen LogP contribution in [-0.2, 0) is 6.42 Å². The Kier molecular flexibility index (Phi) is 4.38. The van der Waals surface area contributed by atoms with Crippen LogP contribution in [0.3, 0.4) is 0 Å². The average molecular weight is 210 g/mol. The molecule has 0 aromatic heterocycles. The van der Waals surface area contributed by atoms with Gasteiger partial charge in [-0.05, 0) is 0 Å². The van der Waals surface area contributed by atoms with Crippen LogP contribution in [0.1, 0.15) is 12.0 Å². The van der Waals surface area contributed by atoms with Crippen molar-refractivity contribution in [3.05, 3.63) is 35.9 Å². The van der Waals surface area contributed by atoms with Crippen LogP contribution in [0.4, 0.5) is 0 Å². The van der Waals surface area contributed by atoms with E-state index in [9.17, 15) is 0 Å². The van der Waals surface area contributed by atoms with Crippen molar-refractivity contribution in [3.8, 4) is 0 Å². The third-order valence-electron chi connectivity index (χ3n) is 1.74. The van der Waals surface area contributed by atoms with Gasteiger partial charge >= 0.3 is 75.4 Å². The second kappa shape index (κ2) is 5.43. The molecule has 1 atom stereocenters. The molecule has 0 saturated carbocycles. The summed E-state index contributed by atoms with van der Waals surface area (Å²) < 4.78 is 0. The molecule has 0 aliphatic rings. The molecular weight excluding hydrogens is 195 g/mol. The first-order valence-electron chi connectivity index (χ1n) is 4.12. The SMILES string of the molecule is C[AsH]CCCc1ccccc1. The van der Waals surface area contributed by atoms with E-state index in [2.05, 4.69) is 36.0 Å². The Hall–Kier alpha value is -0.222. The Morgan fingerprint density at radius 2 is 1.91 bits per heavy atom. The van der Waals surface area contributed by atoms with Crippen molar-refractivity contribution in [2.75, 3.05) is 0 Å². The van der Waals surface area contributed by atoms with Crippen LogP contribution in [0, 0.1) is 0 Å². The van der Waals surface area contributed by atoms with E-state index in [1.54, 1.807) is 0 Å². The van der Waals surface area contributed by atoms with Gasteiger partial charge in [-0.2, -0.15) is 0 Å². The zero-order valence-electron chi connectivity index (χ0n) is 7.01. The summed E-state index contributed by atoms with van der Waals surface area (Å²) in [6, 6.07) is 10.8. The summed E-state index contributed by atoms with van der Waals surface area (Å²) >= 11 is 0.400. The topological polar surface area (TPSA) is 0 Å². The third kappa shape index (κ3) is 3.62. The molecule has 1 aromatic rings. The van der Waals surface area contributed by atoms with Gasteiger partial charge in [0, 0.05) is 0 Å². The van der Waals surface area contributed by atoms with Gasteiger partial charge in [0.15, 0.2) is 0 Å². The van der Waals surface area contributed by atoms with Gasteiger partial charge in [-0.25, -0.2) is 0 Å². The van der Waals surface area contributed by atoms with Crippen molar-refractivity contribution in [2.24, 2.45) is 0 Å². The first-order chi connectivity index (χ1) is 5.43. The summed E-state index contributed by atoms with van der Waals surface area (Å²) in [5.41, 5.74) is 3.86. The first kappa shape index (κ1) is 8.87. The Morgan fingerprint density at radius 3 is 2.55 bits per heavy atom. The quantitative estimate of drug-likeness (QED) is 0.529. The van der Waals surface area contributed by atoms with Gasteiger partial charge in [0.2, 0.25) is 0 Å². The van der Waals surface area contributed by atoms with E-state index in [4.69, 9.17) is 0 Å². The maximum atomic E-state index is 2.37. The summed E-state index contributed by atoms with van der Waals surface area (Å²) in [6.07, 6.45) is 2.67. The number of hydrogen-bond donors (Lipinski definition) is 0. The predicted octanol–water partition coefficient (Wildman–Crippen LogP) is 2.52. The molecule has 0 aliphatic heterocycles. The van der Waals surface area contributed by atoms with Crippen molar-refractivity contribution in [1.82, 2.24) is 0 Å². The summed E-state index contributed by atoms with van der Waals surface area (Å²) in [4.78, 5) is 0. The molecule has 1 unspecified atom stereocenters. The molecule has 0 N–H and O–H groups in total. The van der Waals surface area contributed by atoms with Gasteiger partial charge in [0.05, 0.1) is 0 Å². The molecule has 0 nitrogen and oxygen atoms in total. The fourth-order valence-electron chi connectivity index (χ4n) is 1.11. The molecule has 0 radical (unpaired) electrons. The molecule has 0 spiro atoms. The molecule has 1 rings (SSSR count). The van der Waals surface area contributed by atoms with E-state index in [0.717, 1.165) is 0 Å². The number of aryl methyl sites for hydroxylation is 1. The Morgan fingerprint density at radius 1 is 1.18 bits per heavy atom. The molecule has 11 heavy (non-hydrogen) atoms. The van der Waals surface area contributed by atoms with Crippen LogP contribution >= 0.6 is 0 Å². The summed E-state index contributed by atoms with van der Waals surface area (Å²) in [7, 11) is 0. The van der Waals surface area contributed by atoms with Crippen molar-refractivity contribution in [1.29, 1.82) is 0 Å². The predicted molar refractivity (Wildman–Crippen MR) is 52.6 cm³/mol. The molecule has 0 bridgehead atoms. The van der Waals surface area contributed by atoms with E-state index in [0.29, 0.717) is 15.8 Å². The van der Waals surface area contributed by atoms with Crippen molar-refractivity contribution < 1.29 is 0 Å². The van der Waals surface area contributed by atoms with Crippen molar-refractivity contribution >= 4 is 15.8 Å². The van der Waals surface area contributed by atoms with Crippen LogP contribution in [-0.4, -0.2) is 15.8 Å². The number of hydrogen-bond acceptors (Lipinski definition) is 0. The van der Waals surface area contributed by atoms with Crippen molar-refractivity contribution in [3.63, 3.8) is 0 Å². The minimum absolute atomic E-state index is 0.400. The molecule has 60 valence electrons. The fourth-order valence-corrected chi connectivity index (χ4v) is 2.23. The second-order valence-electron chi connectivity index (χ2n) is 2.69. The molecule has 0 fully saturated rings. The van der Waals surface area contributed by atoms with E-state index in [1.165, 1.54) is 23.6 Å². The third-order valence-corrected chi connectivity index (χ3v) is 3.53. The first-order valence-corrected chi connectivity index (χ1v) is 7.70. The van der Waals surface area contributed by atoms with E-state index in [-0.39, 0.29) is 0 Å². The zero-order chi connectivity index (χ0) is 7.94. The van der Waals surface area contributed by atoms with Gasteiger partial charge in [-0.3, -0.25) is 0 Å². The van der Waals surface area contributed by atoms with Crippen molar-refractivity contribution in [2.45, 2.75) is 23.8 Å². The molecule has 0 heterocycles. The average Bonchev–Trinajstić information content (AvgIpc) is 2.07. The number of benzene rings is 1. The van der Waals surface area contributed by atoms with Crippen LogP contribution in [0.2, 0.25) is 10.9 Å². The molecule has 1 aromatic carbocycles. The molecule has 1 heteroatoms. The Balaban J connectivity index is 2.28. The fraction of sp³-hybridized carbons (Fsp3) is 0.400. The Labute approximate surface area is 75.7 Å². The van der Waals surface area contributed by atoms with Crippen LogP contribution in [0.15, 0.2) is 30.3 Å². The van der Waals surface area contributed by atoms with Crippen LogP contribution in [0.5, 0.6) is 0 Å². The summed E-state index contributed by atoms with van der Waals surface area (Å²) in [5, 5.41) is 1.48. The summed E-state index contributed by atoms with van der Waals surface area (Å²) in [6.45, 7) is 0. The monoisotopic (exact) mass is 210 g/mol. The molecule has 0 saturated heterocycles. The van der Waals surface area contributed by atoms with Crippen LogP contribution < -0.4 is 0 Å². The van der Waals surface area contributed by atoms with E-state index >= 15 is 0 Å². The maximum absolute atomic E-state index is 2.37. The van der Waals surface area contributed by atoms with Crippen LogP contribution in [0.25, 0.3) is 0 Å². The van der Waals surface area contributed by atoms with E-state index in [1.807, 2.05) is 0 Å². The van der Waals surface area contributed by atoms with Gasteiger partial charge < -0.3 is 0 Å². The van der Waals surface area contributed by atoms with E-state index < -0.39 is 0 Å². The second-order valence-corrected chi connectivity index (χ2v) is 5.23. The van der Waals surface area contributed by atoms with Gasteiger partial charge in [0.25, 0.3) is 0 Å². The van der Waals surface area contributed by atoms with Gasteiger partial charge in [-0.15, -0.1) is 0 Å². The number of rotatable bonds is 4. The van der Waals surface area contributed by atoms with Gasteiger partial charge in [-0.1, -0.05) is 0 Å². The Bertz CT molecular complexity index is 181. The van der Waals surface area contributed by atoms with Gasteiger partial charge in [0.1, 0.15) is 0 Å². The summed E-state index contributed by atoms with van der Waals surface area (Å²) in [5.74, 6) is 0. The normalized spacial score (nSPS) is 11.0. The minimum atomic E-state index is 0.400. The molecule has 0 amide bonds. The molecular formula is C10H15As.